The van der Waals surface area contributed by atoms with Gasteiger partial charge in [-0.15, -0.1) is 11.3 Å². The van der Waals surface area contributed by atoms with Gasteiger partial charge in [-0.25, -0.2) is 0 Å². The van der Waals surface area contributed by atoms with E-state index in [0.29, 0.717) is 14.8 Å². The number of nitrogens with one attached hydrogen (secondary N) is 1. The molecule has 3 aromatic rings. The van der Waals surface area contributed by atoms with Crippen LogP contribution in [0.3, 0.4) is 0 Å². The summed E-state index contributed by atoms with van der Waals surface area (Å²) in [6.45, 7) is 3.91. The molecule has 0 bridgehead atoms. The molecule has 1 N–H and O–H groups in total. The van der Waals surface area contributed by atoms with Gasteiger partial charge < -0.3 is 9.72 Å². The Labute approximate surface area is 155 Å². The van der Waals surface area contributed by atoms with Crippen LogP contribution in [0.4, 0.5) is 0 Å². The highest BCUT2D eigenvalue weighted by molar-refractivity contribution is 7.07. The molecule has 0 amide bonds. The summed E-state index contributed by atoms with van der Waals surface area (Å²) in [5, 5.41) is 0. The molecule has 0 fully saturated rings. The molecule has 0 saturated carbocycles. The lowest BCUT2D eigenvalue weighted by Gasteiger charge is -2.00. The minimum absolute atomic E-state index is 0.120. The molecule has 1 aromatic heterocycles. The third-order valence-corrected chi connectivity index (χ3v) is 4.83. The van der Waals surface area contributed by atoms with Crippen LogP contribution in [-0.4, -0.2) is 17.9 Å². The molecular weight excluding hydrogens is 346 g/mol. The molecule has 0 aliphatic heterocycles. The molecule has 3 rings (SSSR count). The molecule has 2 aromatic carbocycles. The number of thiazole rings is 1. The van der Waals surface area contributed by atoms with Gasteiger partial charge in [-0.3, -0.25) is 9.59 Å². The smallest absolute Gasteiger partial charge is 0.266 e. The third-order valence-electron chi connectivity index (χ3n) is 3.86. The van der Waals surface area contributed by atoms with E-state index in [1.807, 2.05) is 56.3 Å². The highest BCUT2D eigenvalue weighted by Gasteiger charge is 2.05. The number of carbonyl (C=O) groups is 1. The second kappa shape index (κ2) is 7.54. The predicted molar refractivity (Wildman–Crippen MR) is 105 cm³/mol. The van der Waals surface area contributed by atoms with E-state index in [2.05, 4.69) is 4.98 Å². The largest absolute Gasteiger partial charge is 0.497 e. The van der Waals surface area contributed by atoms with E-state index >= 15 is 0 Å². The fourth-order valence-electron chi connectivity index (χ4n) is 2.70. The first kappa shape index (κ1) is 17.9. The Hall–Kier alpha value is -2.92. The van der Waals surface area contributed by atoms with Crippen LogP contribution in [0.15, 0.2) is 47.3 Å². The van der Waals surface area contributed by atoms with Gasteiger partial charge in [0.25, 0.3) is 5.56 Å². The maximum Gasteiger partial charge on any atom is 0.266 e. The fraction of sp³-hybridized carbons (Fsp3) is 0.143. The van der Waals surface area contributed by atoms with Gasteiger partial charge in [0.15, 0.2) is 5.78 Å². The summed E-state index contributed by atoms with van der Waals surface area (Å²) in [6, 6.07) is 13.1. The van der Waals surface area contributed by atoms with Gasteiger partial charge in [0.05, 0.1) is 16.3 Å². The summed E-state index contributed by atoms with van der Waals surface area (Å²) in [6.07, 6.45) is 3.27. The number of aromatic nitrogens is 1. The lowest BCUT2D eigenvalue weighted by molar-refractivity contribution is 0.106. The molecule has 5 heteroatoms. The molecule has 0 atom stereocenters. The van der Waals surface area contributed by atoms with E-state index < -0.39 is 0 Å². The normalized spacial score (nSPS) is 12.4. The average Bonchev–Trinajstić information content (AvgIpc) is 2.94. The number of ketones is 1. The molecule has 0 spiro atoms. The van der Waals surface area contributed by atoms with E-state index in [1.54, 1.807) is 13.2 Å². The van der Waals surface area contributed by atoms with Crippen molar-refractivity contribution in [1.82, 2.24) is 4.98 Å². The van der Waals surface area contributed by atoms with Crippen LogP contribution < -0.4 is 19.5 Å². The molecule has 26 heavy (non-hydrogen) atoms. The number of carbonyl (C=O) groups excluding carboxylic acids is 1. The summed E-state index contributed by atoms with van der Waals surface area (Å²) < 4.78 is 6.22. The van der Waals surface area contributed by atoms with Crippen molar-refractivity contribution in [2.24, 2.45) is 0 Å². The summed E-state index contributed by atoms with van der Waals surface area (Å²) >= 11 is 1.26. The number of rotatable bonds is 4. The minimum Gasteiger partial charge on any atom is -0.497 e. The predicted octanol–water partition coefficient (Wildman–Crippen LogP) is 2.55. The van der Waals surface area contributed by atoms with Crippen LogP contribution in [0.25, 0.3) is 12.2 Å². The number of Topliss-reactive ketones (excluding diaryl/α,β-unsaturated/α-hetero) is 1. The highest BCUT2D eigenvalue weighted by atomic mass is 32.1. The lowest BCUT2D eigenvalue weighted by Crippen LogP contribution is -2.20. The summed E-state index contributed by atoms with van der Waals surface area (Å²) in [5.74, 6) is 0.639. The Kier molecular flexibility index (Phi) is 5.19. The van der Waals surface area contributed by atoms with Gasteiger partial charge in [-0.2, -0.15) is 0 Å². The van der Waals surface area contributed by atoms with Crippen molar-refractivity contribution in [2.45, 2.75) is 13.8 Å². The lowest BCUT2D eigenvalue weighted by atomic mass is 10.0. The van der Waals surface area contributed by atoms with Crippen molar-refractivity contribution in [3.05, 3.63) is 84.3 Å². The SMILES string of the molecule is COc1ccc(/C=c2/s/c(=C\C(=O)c3cc(C)cc(C)c3)[nH]c2=O)cc1. The molecule has 0 aliphatic carbocycles. The average molecular weight is 365 g/mol. The van der Waals surface area contributed by atoms with Crippen molar-refractivity contribution < 1.29 is 9.53 Å². The summed E-state index contributed by atoms with van der Waals surface area (Å²) in [4.78, 5) is 27.4. The first-order valence-electron chi connectivity index (χ1n) is 8.14. The van der Waals surface area contributed by atoms with Gasteiger partial charge in [0, 0.05) is 11.6 Å². The fourth-order valence-corrected chi connectivity index (χ4v) is 3.58. The number of H-pyrrole nitrogens is 1. The van der Waals surface area contributed by atoms with E-state index in [1.165, 1.54) is 17.4 Å². The van der Waals surface area contributed by atoms with Crippen molar-refractivity contribution in [3.63, 3.8) is 0 Å². The van der Waals surface area contributed by atoms with Gasteiger partial charge >= 0.3 is 0 Å². The number of benzene rings is 2. The molecule has 0 aliphatic rings. The Balaban J connectivity index is 1.96. The molecule has 4 nitrogen and oxygen atoms in total. The third kappa shape index (κ3) is 4.18. The van der Waals surface area contributed by atoms with Crippen LogP contribution in [-0.2, 0) is 0 Å². The summed E-state index contributed by atoms with van der Waals surface area (Å²) in [7, 11) is 1.61. The van der Waals surface area contributed by atoms with Crippen LogP contribution in [0.5, 0.6) is 5.75 Å². The van der Waals surface area contributed by atoms with E-state index in [-0.39, 0.29) is 11.3 Å². The second-order valence-corrected chi connectivity index (χ2v) is 7.17. The molecule has 0 radical (unpaired) electrons. The molecule has 132 valence electrons. The number of aryl methyl sites for hydroxylation is 2. The van der Waals surface area contributed by atoms with Crippen LogP contribution in [0.1, 0.15) is 27.0 Å². The van der Waals surface area contributed by atoms with Crippen molar-refractivity contribution in [3.8, 4) is 5.75 Å². The molecule has 0 unspecified atom stereocenters. The number of hydrogen-bond acceptors (Lipinski definition) is 4. The zero-order valence-corrected chi connectivity index (χ0v) is 15.6. The Morgan fingerprint density at radius 2 is 1.73 bits per heavy atom. The highest BCUT2D eigenvalue weighted by Crippen LogP contribution is 2.11. The van der Waals surface area contributed by atoms with Gasteiger partial charge in [-0.1, -0.05) is 29.3 Å². The van der Waals surface area contributed by atoms with Gasteiger partial charge in [-0.05, 0) is 49.8 Å². The zero-order chi connectivity index (χ0) is 18.7. The number of methoxy groups -OCH3 is 1. The van der Waals surface area contributed by atoms with Crippen molar-refractivity contribution in [2.75, 3.05) is 7.11 Å². The van der Waals surface area contributed by atoms with Crippen LogP contribution >= 0.6 is 11.3 Å². The second-order valence-electron chi connectivity index (χ2n) is 6.09. The number of aromatic amines is 1. The summed E-state index contributed by atoms with van der Waals surface area (Å²) in [5.41, 5.74) is 3.39. The molecule has 0 saturated heterocycles. The Morgan fingerprint density at radius 1 is 1.08 bits per heavy atom. The zero-order valence-electron chi connectivity index (χ0n) is 14.8. The van der Waals surface area contributed by atoms with E-state index in [4.69, 9.17) is 4.74 Å². The topological polar surface area (TPSA) is 59.2 Å². The maximum absolute atomic E-state index is 12.5. The standard InChI is InChI=1S/C21H19NO3S/c1-13-8-14(2)10-16(9-13)18(23)12-20-22-21(24)19(26-20)11-15-4-6-17(25-3)7-5-15/h4-12H,1-3H3,(H,22,24)/b19-11+,20-12-. The van der Waals surface area contributed by atoms with E-state index in [0.717, 1.165) is 22.4 Å². The quantitative estimate of drug-likeness (QED) is 0.723. The van der Waals surface area contributed by atoms with Crippen LogP contribution in [0.2, 0.25) is 0 Å². The number of hydrogen-bond donors (Lipinski definition) is 1. The van der Waals surface area contributed by atoms with Gasteiger partial charge in [0.2, 0.25) is 0 Å². The monoisotopic (exact) mass is 365 g/mol. The van der Waals surface area contributed by atoms with Crippen molar-refractivity contribution in [1.29, 1.82) is 0 Å². The molecular formula is C21H19NO3S. The van der Waals surface area contributed by atoms with E-state index in [9.17, 15) is 9.59 Å². The first-order chi connectivity index (χ1) is 12.4. The Morgan fingerprint density at radius 3 is 2.35 bits per heavy atom. The van der Waals surface area contributed by atoms with Crippen LogP contribution in [0, 0.1) is 13.8 Å². The van der Waals surface area contributed by atoms with Crippen molar-refractivity contribution >= 4 is 29.3 Å². The number of ether oxygens (including phenoxy) is 1. The molecule has 1 heterocycles. The minimum atomic E-state index is -0.203. The Bertz CT molecular complexity index is 1100. The van der Waals surface area contributed by atoms with Gasteiger partial charge in [0.1, 0.15) is 5.75 Å². The maximum atomic E-state index is 12.5. The first-order valence-corrected chi connectivity index (χ1v) is 8.95.